The summed E-state index contributed by atoms with van der Waals surface area (Å²) in [6.07, 6.45) is 2.98. The molecule has 35 heavy (non-hydrogen) atoms. The summed E-state index contributed by atoms with van der Waals surface area (Å²) < 4.78 is 36.4. The van der Waals surface area contributed by atoms with Crippen molar-refractivity contribution in [1.29, 1.82) is 0 Å². The minimum Gasteiger partial charge on any atom is -0.493 e. The normalized spacial score (nSPS) is 18.0. The molecule has 2 atom stereocenters. The van der Waals surface area contributed by atoms with Crippen LogP contribution in [0.15, 0.2) is 47.4 Å². The Bertz CT molecular complexity index is 1140. The van der Waals surface area contributed by atoms with Crippen molar-refractivity contribution in [3.05, 3.63) is 48.0 Å². The highest BCUT2D eigenvalue weighted by Crippen LogP contribution is 2.30. The number of thioether (sulfide) groups is 1. The quantitative estimate of drug-likeness (QED) is 0.412. The molecule has 0 saturated carbocycles. The van der Waals surface area contributed by atoms with Crippen molar-refractivity contribution in [3.63, 3.8) is 0 Å². The van der Waals surface area contributed by atoms with E-state index in [0.29, 0.717) is 17.2 Å². The average molecular weight is 522 g/mol. The first-order chi connectivity index (χ1) is 16.8. The highest BCUT2D eigenvalue weighted by Gasteiger charge is 2.38. The van der Waals surface area contributed by atoms with Gasteiger partial charge in [-0.2, -0.15) is 0 Å². The van der Waals surface area contributed by atoms with E-state index in [4.69, 9.17) is 9.47 Å². The maximum absolute atomic E-state index is 13.0. The van der Waals surface area contributed by atoms with E-state index in [1.807, 2.05) is 0 Å². The predicted octanol–water partition coefficient (Wildman–Crippen LogP) is 2.56. The molecule has 2 aromatic carbocycles. The van der Waals surface area contributed by atoms with Gasteiger partial charge in [0.15, 0.2) is 26.6 Å². The van der Waals surface area contributed by atoms with Crippen LogP contribution in [0.1, 0.15) is 25.3 Å². The SMILES string of the molecule is CCCCc1ccc(S(=O)(=O)C2CNC(SCC(=O)Nc3ccc(OC)c(OC)c3)NC2=O)cc1. The Morgan fingerprint density at radius 2 is 1.83 bits per heavy atom. The number of sulfone groups is 1. The van der Waals surface area contributed by atoms with Crippen LogP contribution >= 0.6 is 11.8 Å². The number of ether oxygens (including phenoxy) is 2. The third-order valence-electron chi connectivity index (χ3n) is 5.55. The zero-order chi connectivity index (χ0) is 25.4. The summed E-state index contributed by atoms with van der Waals surface area (Å²) in [6.45, 7) is 2.06. The van der Waals surface area contributed by atoms with E-state index < -0.39 is 26.5 Å². The molecular weight excluding hydrogens is 490 g/mol. The second kappa shape index (κ2) is 12.3. The molecular formula is C24H31N3O6S2. The van der Waals surface area contributed by atoms with Crippen LogP contribution in [-0.4, -0.2) is 57.5 Å². The largest absolute Gasteiger partial charge is 0.493 e. The van der Waals surface area contributed by atoms with Gasteiger partial charge < -0.3 is 20.1 Å². The number of aryl methyl sites for hydroxylation is 1. The van der Waals surface area contributed by atoms with Crippen LogP contribution in [0, 0.1) is 0 Å². The Morgan fingerprint density at radius 1 is 1.11 bits per heavy atom. The van der Waals surface area contributed by atoms with E-state index in [9.17, 15) is 18.0 Å². The highest BCUT2D eigenvalue weighted by molar-refractivity contribution is 8.00. The van der Waals surface area contributed by atoms with Crippen molar-refractivity contribution in [2.75, 3.05) is 31.8 Å². The molecule has 190 valence electrons. The molecule has 9 nitrogen and oxygen atoms in total. The van der Waals surface area contributed by atoms with E-state index in [-0.39, 0.29) is 23.1 Å². The molecule has 1 heterocycles. The van der Waals surface area contributed by atoms with Crippen molar-refractivity contribution in [3.8, 4) is 11.5 Å². The van der Waals surface area contributed by atoms with Gasteiger partial charge in [0.2, 0.25) is 11.8 Å². The Balaban J connectivity index is 1.52. The van der Waals surface area contributed by atoms with Crippen LogP contribution in [0.4, 0.5) is 5.69 Å². The zero-order valence-corrected chi connectivity index (χ0v) is 21.6. The Morgan fingerprint density at radius 3 is 2.46 bits per heavy atom. The summed E-state index contributed by atoms with van der Waals surface area (Å²) >= 11 is 1.16. The number of benzene rings is 2. The van der Waals surface area contributed by atoms with E-state index >= 15 is 0 Å². The Kier molecular flexibility index (Phi) is 9.41. The molecule has 1 fully saturated rings. The molecule has 0 spiro atoms. The van der Waals surface area contributed by atoms with Gasteiger partial charge in [-0.3, -0.25) is 14.9 Å². The van der Waals surface area contributed by atoms with E-state index in [2.05, 4.69) is 22.9 Å². The van der Waals surface area contributed by atoms with Gasteiger partial charge >= 0.3 is 0 Å². The third kappa shape index (κ3) is 6.89. The summed E-state index contributed by atoms with van der Waals surface area (Å²) in [5, 5.41) is 7.18. The lowest BCUT2D eigenvalue weighted by atomic mass is 10.1. The maximum Gasteiger partial charge on any atom is 0.241 e. The summed E-state index contributed by atoms with van der Waals surface area (Å²) in [7, 11) is -0.809. The lowest BCUT2D eigenvalue weighted by molar-refractivity contribution is -0.122. The van der Waals surface area contributed by atoms with Gasteiger partial charge in [-0.25, -0.2) is 8.42 Å². The monoisotopic (exact) mass is 521 g/mol. The minimum absolute atomic E-state index is 0.0410. The number of amides is 2. The first-order valence-electron chi connectivity index (χ1n) is 11.3. The van der Waals surface area contributed by atoms with Crippen LogP contribution in [0.25, 0.3) is 0 Å². The van der Waals surface area contributed by atoms with Gasteiger partial charge in [0, 0.05) is 18.3 Å². The van der Waals surface area contributed by atoms with Gasteiger partial charge in [-0.05, 0) is 42.7 Å². The predicted molar refractivity (Wildman–Crippen MR) is 137 cm³/mol. The second-order valence-electron chi connectivity index (χ2n) is 8.01. The standard InChI is InChI=1S/C24H31N3O6S2/c1-4-5-6-16-7-10-18(11-8-16)35(30,31)21-14-25-24(27-23(21)29)34-15-22(28)26-17-9-12-19(32-2)20(13-17)33-3/h7-13,21,24-25H,4-6,14-15H2,1-3H3,(H,26,28)(H,27,29). The van der Waals surface area contributed by atoms with E-state index in [1.54, 1.807) is 42.5 Å². The number of hydrogen-bond acceptors (Lipinski definition) is 8. The molecule has 1 aliphatic rings. The van der Waals surface area contributed by atoms with Crippen LogP contribution in [-0.2, 0) is 25.8 Å². The Hall–Kier alpha value is -2.76. The van der Waals surface area contributed by atoms with Gasteiger partial charge in [-0.1, -0.05) is 25.5 Å². The summed E-state index contributed by atoms with van der Waals surface area (Å²) in [4.78, 5) is 25.1. The van der Waals surface area contributed by atoms with Gasteiger partial charge in [0.1, 0.15) is 5.50 Å². The molecule has 0 aromatic heterocycles. The lowest BCUT2D eigenvalue weighted by Gasteiger charge is -2.29. The molecule has 3 N–H and O–H groups in total. The molecule has 1 aliphatic heterocycles. The van der Waals surface area contributed by atoms with Crippen molar-refractivity contribution in [2.45, 2.75) is 41.8 Å². The molecule has 0 bridgehead atoms. The van der Waals surface area contributed by atoms with Crippen molar-refractivity contribution >= 4 is 39.1 Å². The van der Waals surface area contributed by atoms with Gasteiger partial charge in [-0.15, -0.1) is 11.8 Å². The molecule has 2 amide bonds. The Labute approximate surface area is 210 Å². The van der Waals surface area contributed by atoms with Crippen LogP contribution in [0.5, 0.6) is 11.5 Å². The number of methoxy groups -OCH3 is 2. The van der Waals surface area contributed by atoms with Crippen molar-refractivity contribution < 1.29 is 27.5 Å². The lowest BCUT2D eigenvalue weighted by Crippen LogP contribution is -2.59. The summed E-state index contributed by atoms with van der Waals surface area (Å²) in [5.74, 6) is 0.212. The number of carbonyl (C=O) groups excluding carboxylic acids is 2. The second-order valence-corrected chi connectivity index (χ2v) is 11.2. The highest BCUT2D eigenvalue weighted by atomic mass is 32.2. The van der Waals surface area contributed by atoms with Crippen LogP contribution in [0.2, 0.25) is 0 Å². The maximum atomic E-state index is 13.0. The molecule has 2 unspecified atom stereocenters. The van der Waals surface area contributed by atoms with E-state index in [1.165, 1.54) is 14.2 Å². The first kappa shape index (κ1) is 26.8. The summed E-state index contributed by atoms with van der Waals surface area (Å²) in [6, 6.07) is 11.7. The fourth-order valence-corrected chi connectivity index (χ4v) is 5.91. The zero-order valence-electron chi connectivity index (χ0n) is 20.0. The topological polar surface area (TPSA) is 123 Å². The average Bonchev–Trinajstić information content (AvgIpc) is 2.86. The van der Waals surface area contributed by atoms with Crippen LogP contribution < -0.4 is 25.4 Å². The number of unbranched alkanes of at least 4 members (excludes halogenated alkanes) is 1. The summed E-state index contributed by atoms with van der Waals surface area (Å²) in [5.41, 5.74) is 1.03. The smallest absolute Gasteiger partial charge is 0.241 e. The van der Waals surface area contributed by atoms with Crippen molar-refractivity contribution in [1.82, 2.24) is 10.6 Å². The molecule has 11 heteroatoms. The van der Waals surface area contributed by atoms with Gasteiger partial charge in [0.25, 0.3) is 0 Å². The molecule has 3 rings (SSSR count). The number of carbonyl (C=O) groups is 2. The fourth-order valence-electron chi connectivity index (χ4n) is 3.59. The number of rotatable bonds is 11. The fraction of sp³-hybridized carbons (Fsp3) is 0.417. The number of nitrogens with one attached hydrogen (secondary N) is 3. The number of anilines is 1. The van der Waals surface area contributed by atoms with Gasteiger partial charge in [0.05, 0.1) is 24.9 Å². The minimum atomic E-state index is -3.84. The van der Waals surface area contributed by atoms with Crippen LogP contribution in [0.3, 0.4) is 0 Å². The third-order valence-corrected chi connectivity index (χ3v) is 8.65. The molecule has 0 radical (unpaired) electrons. The van der Waals surface area contributed by atoms with E-state index in [0.717, 1.165) is 36.6 Å². The number of hydrogen-bond donors (Lipinski definition) is 3. The van der Waals surface area contributed by atoms with Crippen molar-refractivity contribution in [2.24, 2.45) is 0 Å². The first-order valence-corrected chi connectivity index (χ1v) is 13.9. The molecule has 2 aromatic rings. The molecule has 1 saturated heterocycles. The molecule has 0 aliphatic carbocycles.